The van der Waals surface area contributed by atoms with Gasteiger partial charge in [-0.3, -0.25) is 4.57 Å². The molecule has 9 nitrogen and oxygen atoms in total. The van der Waals surface area contributed by atoms with Gasteiger partial charge in [0.15, 0.2) is 0 Å². The summed E-state index contributed by atoms with van der Waals surface area (Å²) in [5.74, 6) is 0.0401. The van der Waals surface area contributed by atoms with E-state index in [9.17, 15) is 14.6 Å². The predicted octanol–water partition coefficient (Wildman–Crippen LogP) is 7.83. The van der Waals surface area contributed by atoms with Gasteiger partial charge in [-0.25, -0.2) is 4.79 Å². The van der Waals surface area contributed by atoms with Crippen molar-refractivity contribution in [3.63, 3.8) is 0 Å². The summed E-state index contributed by atoms with van der Waals surface area (Å²) in [6.45, 7) is 10.5. The molecule has 0 saturated carbocycles. The molecule has 3 aromatic rings. The number of carbonyl (C=O) groups is 1. The SMILES string of the molecule is CCOP(=O)(OCC)C(Oc1ccc2ccc(C#N)cc2c1)c1ccc(OC2CCCN(C(=O)OC(C)(C)C)C2)cc1. The average Bonchev–Trinajstić information content (AvgIpc) is 2.95. The minimum absolute atomic E-state index is 0.178. The third kappa shape index (κ3) is 8.04. The highest BCUT2D eigenvalue weighted by atomic mass is 31.2. The van der Waals surface area contributed by atoms with E-state index in [4.69, 9.17) is 23.3 Å². The molecule has 1 fully saturated rings. The number of rotatable bonds is 10. The summed E-state index contributed by atoms with van der Waals surface area (Å²) in [5, 5.41) is 11.1. The molecule has 0 N–H and O–H groups in total. The first kappa shape index (κ1) is 31.4. The summed E-state index contributed by atoms with van der Waals surface area (Å²) in [6.07, 6.45) is 1.10. The van der Waals surface area contributed by atoms with Gasteiger partial charge in [-0.05, 0) is 94.6 Å². The molecule has 0 aliphatic carbocycles. The largest absolute Gasteiger partial charge is 0.489 e. The number of likely N-dealkylation sites (tertiary alicyclic amines) is 1. The zero-order valence-corrected chi connectivity index (χ0v) is 25.8. The van der Waals surface area contributed by atoms with Crippen LogP contribution in [0.1, 0.15) is 64.4 Å². The first-order chi connectivity index (χ1) is 20.0. The van der Waals surface area contributed by atoms with Crippen molar-refractivity contribution in [2.75, 3.05) is 26.3 Å². The molecule has 1 saturated heterocycles. The van der Waals surface area contributed by atoms with Crippen LogP contribution in [0.5, 0.6) is 11.5 Å². The topological polar surface area (TPSA) is 107 Å². The van der Waals surface area contributed by atoms with Crippen molar-refractivity contribution >= 4 is 24.5 Å². The summed E-state index contributed by atoms with van der Waals surface area (Å²) in [5.41, 5.74) is 0.569. The average molecular weight is 595 g/mol. The molecule has 10 heteroatoms. The van der Waals surface area contributed by atoms with Gasteiger partial charge in [0.1, 0.15) is 23.2 Å². The standard InChI is InChI=1S/C32H39N2O7P/c1-6-37-42(36,38-7-2)30(40-28-17-12-24-11-10-23(21-33)19-26(24)20-28)25-13-15-27(16-14-25)39-29-9-8-18-34(22-29)31(35)41-32(3,4)5/h10-17,19-20,29-30H,6-9,18,22H2,1-5H3. The number of hydrogen-bond acceptors (Lipinski definition) is 8. The van der Waals surface area contributed by atoms with E-state index in [1.165, 1.54) is 0 Å². The van der Waals surface area contributed by atoms with Crippen molar-refractivity contribution in [2.24, 2.45) is 0 Å². The van der Waals surface area contributed by atoms with Crippen LogP contribution in [-0.2, 0) is 18.3 Å². The molecule has 4 rings (SSSR count). The van der Waals surface area contributed by atoms with Crippen molar-refractivity contribution in [3.05, 3.63) is 71.8 Å². The number of ether oxygens (including phenoxy) is 3. The highest BCUT2D eigenvalue weighted by Crippen LogP contribution is 2.61. The Balaban J connectivity index is 1.55. The number of nitriles is 1. The molecule has 42 heavy (non-hydrogen) atoms. The Labute approximate surface area is 247 Å². The Hall–Kier alpha value is -3.57. The normalized spacial score (nSPS) is 16.5. The quantitative estimate of drug-likeness (QED) is 0.219. The summed E-state index contributed by atoms with van der Waals surface area (Å²) in [7, 11) is -3.75. The molecule has 2 unspecified atom stereocenters. The zero-order chi connectivity index (χ0) is 30.3. The van der Waals surface area contributed by atoms with Crippen molar-refractivity contribution in [1.29, 1.82) is 5.26 Å². The monoisotopic (exact) mass is 594 g/mol. The van der Waals surface area contributed by atoms with E-state index in [2.05, 4.69) is 6.07 Å². The van der Waals surface area contributed by atoms with Crippen LogP contribution < -0.4 is 9.47 Å². The summed E-state index contributed by atoms with van der Waals surface area (Å²) >= 11 is 0. The first-order valence-corrected chi connectivity index (χ1v) is 15.9. The number of benzene rings is 3. The molecule has 2 atom stereocenters. The molecule has 1 aliphatic heterocycles. The Bertz CT molecular complexity index is 1450. The third-order valence-corrected chi connectivity index (χ3v) is 8.81. The van der Waals surface area contributed by atoms with E-state index in [-0.39, 0.29) is 25.4 Å². The van der Waals surface area contributed by atoms with Crippen LogP contribution in [0.2, 0.25) is 0 Å². The maximum atomic E-state index is 14.0. The minimum Gasteiger partial charge on any atom is -0.489 e. The lowest BCUT2D eigenvalue weighted by molar-refractivity contribution is 0.00775. The molecule has 0 spiro atoms. The summed E-state index contributed by atoms with van der Waals surface area (Å²) in [6, 6.07) is 20.2. The van der Waals surface area contributed by atoms with Crippen molar-refractivity contribution in [1.82, 2.24) is 4.90 Å². The third-order valence-electron chi connectivity index (χ3n) is 6.59. The molecule has 1 amide bonds. The fourth-order valence-electron chi connectivity index (χ4n) is 4.77. The second-order valence-electron chi connectivity index (χ2n) is 11.1. The smallest absolute Gasteiger partial charge is 0.410 e. The number of hydrogen-bond donors (Lipinski definition) is 0. The molecule has 3 aromatic carbocycles. The first-order valence-electron chi connectivity index (χ1n) is 14.3. The van der Waals surface area contributed by atoms with Gasteiger partial charge in [0.25, 0.3) is 0 Å². The molecule has 1 aliphatic rings. The van der Waals surface area contributed by atoms with Crippen LogP contribution in [0.15, 0.2) is 60.7 Å². The van der Waals surface area contributed by atoms with Crippen molar-refractivity contribution in [3.8, 4) is 17.6 Å². The van der Waals surface area contributed by atoms with Gasteiger partial charge in [0, 0.05) is 12.1 Å². The number of nitrogens with zero attached hydrogens (tertiary/aromatic N) is 2. The van der Waals surface area contributed by atoms with Gasteiger partial charge in [0.05, 0.1) is 31.4 Å². The lowest BCUT2D eigenvalue weighted by Gasteiger charge is -2.34. The number of piperidine rings is 1. The van der Waals surface area contributed by atoms with Crippen molar-refractivity contribution < 1.29 is 32.6 Å². The van der Waals surface area contributed by atoms with Crippen LogP contribution in [-0.4, -0.2) is 49.0 Å². The summed E-state index contributed by atoms with van der Waals surface area (Å²) < 4.78 is 43.4. The van der Waals surface area contributed by atoms with E-state index in [0.717, 1.165) is 23.6 Å². The fourth-order valence-corrected chi connectivity index (χ4v) is 6.63. The second kappa shape index (κ2) is 13.6. The lowest BCUT2D eigenvalue weighted by Crippen LogP contribution is -2.46. The highest BCUT2D eigenvalue weighted by Gasteiger charge is 2.39. The van der Waals surface area contributed by atoms with Gasteiger partial charge in [-0.2, -0.15) is 5.26 Å². The number of carbonyl (C=O) groups excluding carboxylic acids is 1. The van der Waals surface area contributed by atoms with E-state index < -0.39 is 19.0 Å². The molecule has 0 radical (unpaired) electrons. The van der Waals surface area contributed by atoms with Gasteiger partial charge < -0.3 is 28.2 Å². The van der Waals surface area contributed by atoms with Crippen LogP contribution in [0.25, 0.3) is 10.8 Å². The minimum atomic E-state index is -3.75. The number of fused-ring (bicyclic) bond motifs is 1. The molecular weight excluding hydrogens is 555 g/mol. The van der Waals surface area contributed by atoms with Crippen LogP contribution in [0.4, 0.5) is 4.79 Å². The molecule has 1 heterocycles. The predicted molar refractivity (Wildman–Crippen MR) is 161 cm³/mol. The Morgan fingerprint density at radius 2 is 1.67 bits per heavy atom. The molecule has 0 bridgehead atoms. The van der Waals surface area contributed by atoms with Gasteiger partial charge in [0.2, 0.25) is 5.85 Å². The molecular formula is C32H39N2O7P. The zero-order valence-electron chi connectivity index (χ0n) is 24.9. The van der Waals surface area contributed by atoms with E-state index in [1.54, 1.807) is 61.2 Å². The van der Waals surface area contributed by atoms with Crippen LogP contribution in [0, 0.1) is 11.3 Å². The lowest BCUT2D eigenvalue weighted by atomic mass is 10.1. The maximum absolute atomic E-state index is 14.0. The second-order valence-corrected chi connectivity index (χ2v) is 13.1. The van der Waals surface area contributed by atoms with Crippen LogP contribution in [0.3, 0.4) is 0 Å². The fraction of sp³-hybridized carbons (Fsp3) is 0.438. The van der Waals surface area contributed by atoms with E-state index >= 15 is 0 Å². The van der Waals surface area contributed by atoms with Gasteiger partial charge in [-0.1, -0.05) is 24.3 Å². The van der Waals surface area contributed by atoms with E-state index in [0.29, 0.717) is 35.7 Å². The number of amides is 1. The molecule has 0 aromatic heterocycles. The Kier molecular flexibility index (Phi) is 10.2. The van der Waals surface area contributed by atoms with Crippen molar-refractivity contribution in [2.45, 2.75) is 65.0 Å². The Morgan fingerprint density at radius 1 is 1.00 bits per heavy atom. The van der Waals surface area contributed by atoms with Gasteiger partial charge >= 0.3 is 13.7 Å². The molecule has 224 valence electrons. The Morgan fingerprint density at radius 3 is 2.31 bits per heavy atom. The van der Waals surface area contributed by atoms with E-state index in [1.807, 2.05) is 39.0 Å². The summed E-state index contributed by atoms with van der Waals surface area (Å²) in [4.78, 5) is 14.2. The van der Waals surface area contributed by atoms with Crippen LogP contribution >= 0.6 is 7.60 Å². The highest BCUT2D eigenvalue weighted by molar-refractivity contribution is 7.54. The van der Waals surface area contributed by atoms with Gasteiger partial charge in [-0.15, -0.1) is 0 Å². The maximum Gasteiger partial charge on any atom is 0.410 e.